The standard InChI is InChI=1S/C22H27FN4O4S/c1-13(2)22(4)20(24)27-21(3,12-32(22,29)30)16-10-14(6-8-17(16)23)26-19(28)18-9-7-15(31-5)11-25-18/h6-11,13H,12H2,1-5H3,(H2,24,27)(H,26,28)/t21-,22-/m0/s1. The van der Waals surface area contributed by atoms with Gasteiger partial charge < -0.3 is 15.4 Å². The molecule has 0 radical (unpaired) electrons. The van der Waals surface area contributed by atoms with Gasteiger partial charge in [-0.05, 0) is 50.1 Å². The fraction of sp³-hybridized carbons (Fsp3) is 0.409. The molecule has 172 valence electrons. The van der Waals surface area contributed by atoms with Crippen molar-refractivity contribution < 1.29 is 22.3 Å². The first-order valence-corrected chi connectivity index (χ1v) is 11.7. The molecule has 2 heterocycles. The summed E-state index contributed by atoms with van der Waals surface area (Å²) in [6.07, 6.45) is 1.40. The van der Waals surface area contributed by atoms with Crippen LogP contribution in [0.1, 0.15) is 43.7 Å². The molecule has 0 bridgehead atoms. The molecule has 0 saturated carbocycles. The van der Waals surface area contributed by atoms with E-state index >= 15 is 0 Å². The number of carbonyl (C=O) groups is 1. The number of pyridine rings is 1. The van der Waals surface area contributed by atoms with Gasteiger partial charge in [-0.25, -0.2) is 17.8 Å². The van der Waals surface area contributed by atoms with E-state index in [4.69, 9.17) is 10.1 Å². The van der Waals surface area contributed by atoms with Crippen LogP contribution < -0.4 is 15.4 Å². The molecule has 0 aliphatic carbocycles. The highest BCUT2D eigenvalue weighted by atomic mass is 32.2. The topological polar surface area (TPSA) is 121 Å². The maximum absolute atomic E-state index is 14.8. The number of anilines is 1. The largest absolute Gasteiger partial charge is 0.495 e. The lowest BCUT2D eigenvalue weighted by Crippen LogP contribution is -2.66. The minimum atomic E-state index is -3.79. The van der Waals surface area contributed by atoms with Crippen LogP contribution in [0.5, 0.6) is 5.75 Å². The molecule has 1 aromatic heterocycles. The second kappa shape index (κ2) is 8.16. The maximum atomic E-state index is 14.8. The third-order valence-corrected chi connectivity index (χ3v) is 9.07. The lowest BCUT2D eigenvalue weighted by molar-refractivity contribution is 0.102. The number of hydrogen-bond acceptors (Lipinski definition) is 6. The smallest absolute Gasteiger partial charge is 0.274 e. The molecular weight excluding hydrogens is 435 g/mol. The number of amides is 1. The molecule has 3 rings (SSSR count). The molecule has 32 heavy (non-hydrogen) atoms. The minimum Gasteiger partial charge on any atom is -0.495 e. The molecular formula is C22H27FN4O4S. The van der Waals surface area contributed by atoms with Crippen LogP contribution in [0, 0.1) is 17.1 Å². The van der Waals surface area contributed by atoms with Crippen LogP contribution in [0.15, 0.2) is 36.5 Å². The zero-order chi connectivity index (χ0) is 23.9. The molecule has 1 amide bonds. The highest BCUT2D eigenvalue weighted by Crippen LogP contribution is 2.39. The molecule has 3 N–H and O–H groups in total. The normalized spacial score (nSPS) is 24.7. The molecule has 8 nitrogen and oxygen atoms in total. The van der Waals surface area contributed by atoms with Gasteiger partial charge in [0.05, 0.1) is 24.6 Å². The van der Waals surface area contributed by atoms with E-state index in [-0.39, 0.29) is 28.7 Å². The van der Waals surface area contributed by atoms with Gasteiger partial charge in [0.15, 0.2) is 9.84 Å². The predicted octanol–water partition coefficient (Wildman–Crippen LogP) is 3.11. The summed E-state index contributed by atoms with van der Waals surface area (Å²) in [6, 6.07) is 7.00. The summed E-state index contributed by atoms with van der Waals surface area (Å²) in [5.74, 6) is -1.58. The Hall–Kier alpha value is -3.01. The number of carbonyl (C=O) groups excluding carboxylic acids is 1. The van der Waals surface area contributed by atoms with E-state index < -0.39 is 37.6 Å². The number of halogens is 1. The third kappa shape index (κ3) is 3.94. The molecule has 2 aromatic rings. The Morgan fingerprint density at radius 2 is 1.97 bits per heavy atom. The van der Waals surface area contributed by atoms with Gasteiger partial charge in [-0.3, -0.25) is 10.2 Å². The van der Waals surface area contributed by atoms with E-state index in [0.717, 1.165) is 6.07 Å². The van der Waals surface area contributed by atoms with Gasteiger partial charge >= 0.3 is 0 Å². The van der Waals surface area contributed by atoms with Crippen molar-refractivity contribution >= 4 is 27.3 Å². The SMILES string of the molecule is COc1ccc(C(=O)Nc2ccc(F)c([C@]3(C)CS(=O)(=O)[C@@](C)(C(C)C)C(=N)N3)c2)nc1. The fourth-order valence-corrected chi connectivity index (χ4v) is 6.14. The summed E-state index contributed by atoms with van der Waals surface area (Å²) in [5.41, 5.74) is -0.936. The molecule has 0 spiro atoms. The Morgan fingerprint density at radius 3 is 2.50 bits per heavy atom. The van der Waals surface area contributed by atoms with Gasteiger partial charge in [0, 0.05) is 11.3 Å². The summed E-state index contributed by atoms with van der Waals surface area (Å²) in [7, 11) is -2.31. The number of nitrogens with one attached hydrogen (secondary N) is 3. The number of rotatable bonds is 5. The van der Waals surface area contributed by atoms with Gasteiger partial charge in [0.2, 0.25) is 0 Å². The molecule has 2 atom stereocenters. The highest BCUT2D eigenvalue weighted by Gasteiger charge is 2.55. The van der Waals surface area contributed by atoms with Crippen molar-refractivity contribution in [3.63, 3.8) is 0 Å². The number of nitrogens with zero attached hydrogens (tertiary/aromatic N) is 1. The molecule has 10 heteroatoms. The molecule has 1 aliphatic heterocycles. The quantitative estimate of drug-likeness (QED) is 0.628. The van der Waals surface area contributed by atoms with Crippen LogP contribution in [0.2, 0.25) is 0 Å². The number of sulfone groups is 1. The van der Waals surface area contributed by atoms with E-state index in [1.165, 1.54) is 45.4 Å². The van der Waals surface area contributed by atoms with Gasteiger partial charge in [-0.1, -0.05) is 13.8 Å². The summed E-state index contributed by atoms with van der Waals surface area (Å²) in [4.78, 5) is 16.5. The Labute approximate surface area is 187 Å². The first kappa shape index (κ1) is 23.6. The van der Waals surface area contributed by atoms with E-state index in [0.29, 0.717) is 5.75 Å². The van der Waals surface area contributed by atoms with Crippen LogP contribution in [-0.4, -0.2) is 42.8 Å². The second-order valence-electron chi connectivity index (χ2n) is 8.58. The molecule has 1 aromatic carbocycles. The van der Waals surface area contributed by atoms with E-state index in [2.05, 4.69) is 15.6 Å². The number of amidine groups is 1. The highest BCUT2D eigenvalue weighted by molar-refractivity contribution is 7.93. The summed E-state index contributed by atoms with van der Waals surface area (Å²) >= 11 is 0. The third-order valence-electron chi connectivity index (χ3n) is 6.15. The van der Waals surface area contributed by atoms with Crippen molar-refractivity contribution in [1.82, 2.24) is 10.3 Å². The molecule has 0 unspecified atom stereocenters. The number of aromatic nitrogens is 1. The molecule has 1 aliphatic rings. The first-order chi connectivity index (χ1) is 14.8. The van der Waals surface area contributed by atoms with Gasteiger partial charge in [0.25, 0.3) is 5.91 Å². The number of ether oxygens (including phenoxy) is 1. The van der Waals surface area contributed by atoms with Crippen LogP contribution >= 0.6 is 0 Å². The van der Waals surface area contributed by atoms with Crippen LogP contribution in [-0.2, 0) is 15.4 Å². The van der Waals surface area contributed by atoms with Crippen molar-refractivity contribution in [2.24, 2.45) is 5.92 Å². The molecule has 1 fully saturated rings. The predicted molar refractivity (Wildman–Crippen MR) is 120 cm³/mol. The Balaban J connectivity index is 1.93. The van der Waals surface area contributed by atoms with Crippen molar-refractivity contribution in [3.8, 4) is 5.75 Å². The van der Waals surface area contributed by atoms with E-state index in [9.17, 15) is 17.6 Å². The summed E-state index contributed by atoms with van der Waals surface area (Å²) in [6.45, 7) is 6.52. The van der Waals surface area contributed by atoms with E-state index in [1.807, 2.05) is 0 Å². The number of methoxy groups -OCH3 is 1. The minimum absolute atomic E-state index is 0.0390. The van der Waals surface area contributed by atoms with Crippen LogP contribution in [0.4, 0.5) is 10.1 Å². The molecule has 1 saturated heterocycles. The average Bonchev–Trinajstić information content (AvgIpc) is 2.72. The van der Waals surface area contributed by atoms with Gasteiger partial charge in [-0.2, -0.15) is 0 Å². The zero-order valence-corrected chi connectivity index (χ0v) is 19.4. The van der Waals surface area contributed by atoms with Crippen molar-refractivity contribution in [3.05, 3.63) is 53.6 Å². The van der Waals surface area contributed by atoms with Gasteiger partial charge in [-0.15, -0.1) is 0 Å². The lowest BCUT2D eigenvalue weighted by Gasteiger charge is -2.46. The Morgan fingerprint density at radius 1 is 1.28 bits per heavy atom. The lowest BCUT2D eigenvalue weighted by atomic mass is 9.88. The zero-order valence-electron chi connectivity index (χ0n) is 18.6. The summed E-state index contributed by atoms with van der Waals surface area (Å²) in [5, 5.41) is 14.0. The Bertz CT molecular complexity index is 1170. The van der Waals surface area contributed by atoms with Crippen LogP contribution in [0.3, 0.4) is 0 Å². The Kier molecular flexibility index (Phi) is 6.03. The van der Waals surface area contributed by atoms with Crippen molar-refractivity contribution in [2.75, 3.05) is 18.2 Å². The number of benzene rings is 1. The van der Waals surface area contributed by atoms with Crippen LogP contribution in [0.25, 0.3) is 0 Å². The first-order valence-electron chi connectivity index (χ1n) is 10.0. The second-order valence-corrected chi connectivity index (χ2v) is 11.0. The monoisotopic (exact) mass is 462 g/mol. The van der Waals surface area contributed by atoms with E-state index in [1.54, 1.807) is 19.9 Å². The fourth-order valence-electron chi connectivity index (χ4n) is 3.77. The van der Waals surface area contributed by atoms with Crippen molar-refractivity contribution in [1.29, 1.82) is 5.41 Å². The number of hydrogen-bond donors (Lipinski definition) is 3. The average molecular weight is 463 g/mol. The summed E-state index contributed by atoms with van der Waals surface area (Å²) < 4.78 is 44.8. The maximum Gasteiger partial charge on any atom is 0.274 e. The van der Waals surface area contributed by atoms with Gasteiger partial charge in [0.1, 0.15) is 27.8 Å². The van der Waals surface area contributed by atoms with Crippen molar-refractivity contribution in [2.45, 2.75) is 38.0 Å².